The van der Waals surface area contributed by atoms with Crippen LogP contribution in [0.5, 0.6) is 0 Å². The van der Waals surface area contributed by atoms with Crippen molar-refractivity contribution in [3.05, 3.63) is 47.5 Å². The molecule has 2 aromatic rings. The minimum absolute atomic E-state index is 0.00229. The zero-order valence-corrected chi connectivity index (χ0v) is 11.3. The lowest BCUT2D eigenvalue weighted by Crippen LogP contribution is -1.98. The van der Waals surface area contributed by atoms with Crippen LogP contribution in [0.1, 0.15) is 20.7 Å². The van der Waals surface area contributed by atoms with Gasteiger partial charge in [0.1, 0.15) is 0 Å². The van der Waals surface area contributed by atoms with Crippen molar-refractivity contribution in [2.75, 3.05) is 0 Å². The largest absolute Gasteiger partial charge is 0.478 e. The molecule has 0 radical (unpaired) electrons. The van der Waals surface area contributed by atoms with Gasteiger partial charge in [-0.15, -0.1) is 10.6 Å². The second kappa shape index (κ2) is 4.32. The maximum atomic E-state index is 11.0. The third kappa shape index (κ3) is 1.90. The number of rotatable bonds is 2. The van der Waals surface area contributed by atoms with E-state index in [2.05, 4.69) is 0 Å². The lowest BCUT2D eigenvalue weighted by molar-refractivity contribution is 0.0686. The smallest absolute Gasteiger partial charge is 0.335 e. The number of carbonyl (C=O) groups is 2. The van der Waals surface area contributed by atoms with Gasteiger partial charge in [-0.05, 0) is 36.4 Å². The fraction of sp³-hybridized carbons (Fsp3) is 0. The van der Waals surface area contributed by atoms with E-state index in [1.807, 2.05) is 0 Å². The molecule has 4 N–H and O–H groups in total. The van der Waals surface area contributed by atoms with E-state index in [1.165, 1.54) is 36.4 Å². The lowest BCUT2D eigenvalue weighted by Gasteiger charge is -2.28. The van der Waals surface area contributed by atoms with E-state index in [0.29, 0.717) is 11.1 Å². The van der Waals surface area contributed by atoms with Crippen LogP contribution in [0.4, 0.5) is 0 Å². The number of benzene rings is 2. The Hall–Kier alpha value is -2.35. The summed E-state index contributed by atoms with van der Waals surface area (Å²) in [4.78, 5) is 22.5. The van der Waals surface area contributed by atoms with Crippen LogP contribution in [0.2, 0.25) is 0 Å². The molecule has 21 heavy (non-hydrogen) atoms. The lowest BCUT2D eigenvalue weighted by atomic mass is 10.0. The highest BCUT2D eigenvalue weighted by Gasteiger charge is 2.34. The van der Waals surface area contributed by atoms with Crippen molar-refractivity contribution in [3.63, 3.8) is 0 Å². The zero-order valence-electron chi connectivity index (χ0n) is 10.5. The number of fused-ring (bicyclic) bond motifs is 3. The van der Waals surface area contributed by atoms with E-state index < -0.39 is 22.5 Å². The van der Waals surface area contributed by atoms with E-state index in [4.69, 9.17) is 10.2 Å². The van der Waals surface area contributed by atoms with Gasteiger partial charge < -0.3 is 10.2 Å². The first-order valence-corrected chi connectivity index (χ1v) is 7.40. The maximum absolute atomic E-state index is 11.0. The SMILES string of the molecule is O=C(O)c1ccc2c(c1)-c1cc(C(=O)O)ccc1S2(O)O. The van der Waals surface area contributed by atoms with Crippen LogP contribution in [-0.2, 0) is 0 Å². The minimum atomic E-state index is -3.24. The number of hydrogen-bond donors (Lipinski definition) is 4. The first-order chi connectivity index (χ1) is 9.82. The van der Waals surface area contributed by atoms with Crippen LogP contribution in [0.15, 0.2) is 46.2 Å². The average Bonchev–Trinajstić information content (AvgIpc) is 2.67. The van der Waals surface area contributed by atoms with Crippen LogP contribution >= 0.6 is 10.6 Å². The van der Waals surface area contributed by atoms with E-state index in [-0.39, 0.29) is 20.9 Å². The normalized spacial score (nSPS) is 15.9. The fourth-order valence-electron chi connectivity index (χ4n) is 2.36. The predicted molar refractivity (Wildman–Crippen MR) is 75.2 cm³/mol. The molecule has 0 saturated carbocycles. The molecule has 1 aliphatic rings. The quantitative estimate of drug-likeness (QED) is 0.677. The summed E-state index contributed by atoms with van der Waals surface area (Å²) in [6.07, 6.45) is 0. The molecular weight excluding hydrogens is 296 g/mol. The van der Waals surface area contributed by atoms with Crippen LogP contribution in [0, 0.1) is 0 Å². The standard InChI is InChI=1S/C14H10O6S/c15-13(16)7-1-3-11-9(5-7)10-6-8(14(17)18)2-4-12(10)21(11,19)20/h1-6,19-20H,(H,15,16)(H,17,18). The Labute approximate surface area is 120 Å². The van der Waals surface area contributed by atoms with Crippen LogP contribution in [-0.4, -0.2) is 31.3 Å². The molecule has 1 aliphatic heterocycles. The summed E-state index contributed by atoms with van der Waals surface area (Å²) in [5, 5.41) is 18.0. The molecule has 108 valence electrons. The topological polar surface area (TPSA) is 115 Å². The van der Waals surface area contributed by atoms with Gasteiger partial charge in [-0.2, -0.15) is 0 Å². The summed E-state index contributed by atoms with van der Waals surface area (Å²) in [7, 11) is -3.24. The molecule has 0 amide bonds. The third-order valence-electron chi connectivity index (χ3n) is 3.36. The highest BCUT2D eigenvalue weighted by Crippen LogP contribution is 2.66. The van der Waals surface area contributed by atoms with Gasteiger partial charge in [-0.1, -0.05) is 0 Å². The molecule has 0 aromatic heterocycles. The summed E-state index contributed by atoms with van der Waals surface area (Å²) < 4.78 is 20.6. The van der Waals surface area contributed by atoms with Gasteiger partial charge in [0.25, 0.3) is 0 Å². The highest BCUT2D eigenvalue weighted by molar-refractivity contribution is 8.24. The molecule has 0 saturated heterocycles. The van der Waals surface area contributed by atoms with Gasteiger partial charge in [0.15, 0.2) is 0 Å². The first kappa shape index (κ1) is 13.6. The molecule has 0 bridgehead atoms. The van der Waals surface area contributed by atoms with Gasteiger partial charge in [-0.25, -0.2) is 9.59 Å². The Morgan fingerprint density at radius 3 is 1.48 bits per heavy atom. The van der Waals surface area contributed by atoms with Crippen molar-refractivity contribution in [1.29, 1.82) is 0 Å². The van der Waals surface area contributed by atoms with E-state index in [1.54, 1.807) is 0 Å². The number of carboxylic acid groups (broad SMARTS) is 2. The van der Waals surface area contributed by atoms with Crippen molar-refractivity contribution in [2.45, 2.75) is 9.79 Å². The number of carboxylic acids is 2. The monoisotopic (exact) mass is 306 g/mol. The van der Waals surface area contributed by atoms with Gasteiger partial charge in [0.05, 0.1) is 20.9 Å². The molecular formula is C14H10O6S. The van der Waals surface area contributed by atoms with Crippen molar-refractivity contribution in [2.24, 2.45) is 0 Å². The molecule has 0 fully saturated rings. The Kier molecular flexibility index (Phi) is 2.80. The molecule has 2 aromatic carbocycles. The molecule has 0 unspecified atom stereocenters. The van der Waals surface area contributed by atoms with Crippen molar-refractivity contribution < 1.29 is 28.9 Å². The molecule has 0 spiro atoms. The zero-order chi connectivity index (χ0) is 15.4. The van der Waals surface area contributed by atoms with Gasteiger partial charge >= 0.3 is 11.9 Å². The molecule has 6 nitrogen and oxygen atoms in total. The maximum Gasteiger partial charge on any atom is 0.335 e. The van der Waals surface area contributed by atoms with Crippen molar-refractivity contribution in [1.82, 2.24) is 0 Å². The van der Waals surface area contributed by atoms with E-state index in [0.717, 1.165) is 0 Å². The minimum Gasteiger partial charge on any atom is -0.478 e. The summed E-state index contributed by atoms with van der Waals surface area (Å²) in [5.41, 5.74) is 0.677. The molecule has 0 atom stereocenters. The number of hydrogen-bond acceptors (Lipinski definition) is 4. The van der Waals surface area contributed by atoms with Crippen molar-refractivity contribution >= 4 is 22.5 Å². The fourth-order valence-corrected chi connectivity index (χ4v) is 4.07. The molecule has 0 aliphatic carbocycles. The van der Waals surface area contributed by atoms with Crippen molar-refractivity contribution in [3.8, 4) is 11.1 Å². The Morgan fingerprint density at radius 2 is 1.14 bits per heavy atom. The summed E-state index contributed by atoms with van der Waals surface area (Å²) >= 11 is 0. The van der Waals surface area contributed by atoms with Crippen LogP contribution in [0.25, 0.3) is 11.1 Å². The molecule has 1 heterocycles. The Bertz CT molecular complexity index is 731. The Balaban J connectivity index is 2.31. The second-order valence-electron chi connectivity index (χ2n) is 4.58. The molecule has 7 heteroatoms. The average molecular weight is 306 g/mol. The van der Waals surface area contributed by atoms with E-state index in [9.17, 15) is 18.7 Å². The molecule has 3 rings (SSSR count). The predicted octanol–water partition coefficient (Wildman–Crippen LogP) is 3.23. The second-order valence-corrected chi connectivity index (χ2v) is 6.56. The van der Waals surface area contributed by atoms with Gasteiger partial charge in [0.2, 0.25) is 0 Å². The summed E-state index contributed by atoms with van der Waals surface area (Å²) in [6, 6.07) is 7.94. The van der Waals surface area contributed by atoms with Gasteiger partial charge in [-0.3, -0.25) is 9.11 Å². The third-order valence-corrected chi connectivity index (χ3v) is 5.30. The van der Waals surface area contributed by atoms with Gasteiger partial charge in [0, 0.05) is 11.1 Å². The number of aromatic carboxylic acids is 2. The first-order valence-electron chi connectivity index (χ1n) is 5.85. The van der Waals surface area contributed by atoms with Crippen LogP contribution in [0.3, 0.4) is 0 Å². The highest BCUT2D eigenvalue weighted by atomic mass is 32.3. The van der Waals surface area contributed by atoms with E-state index >= 15 is 0 Å². The summed E-state index contributed by atoms with van der Waals surface area (Å²) in [6.45, 7) is 0. The Morgan fingerprint density at radius 1 is 0.762 bits per heavy atom. The summed E-state index contributed by atoms with van der Waals surface area (Å²) in [5.74, 6) is -2.28. The van der Waals surface area contributed by atoms with Crippen LogP contribution < -0.4 is 0 Å².